The lowest BCUT2D eigenvalue weighted by molar-refractivity contribution is -0.204. The van der Waals surface area contributed by atoms with Crippen molar-refractivity contribution in [2.75, 3.05) is 40.0 Å². The summed E-state index contributed by atoms with van der Waals surface area (Å²) in [6.45, 7) is 8.47. The van der Waals surface area contributed by atoms with Crippen LogP contribution in [0.4, 0.5) is 0 Å². The van der Waals surface area contributed by atoms with Crippen molar-refractivity contribution in [3.63, 3.8) is 0 Å². The number of hydrogen-bond acceptors (Lipinski definition) is 5. The van der Waals surface area contributed by atoms with E-state index in [0.717, 1.165) is 25.7 Å². The highest BCUT2D eigenvalue weighted by atomic mass is 32.1. The van der Waals surface area contributed by atoms with Crippen molar-refractivity contribution in [1.29, 1.82) is 0 Å². The van der Waals surface area contributed by atoms with Crippen molar-refractivity contribution >= 4 is 11.3 Å². The van der Waals surface area contributed by atoms with E-state index in [1.807, 2.05) is 11.3 Å². The minimum absolute atomic E-state index is 0.336. The molecule has 2 saturated heterocycles. The molecule has 1 aliphatic carbocycles. The largest absolute Gasteiger partial charge is 0.382 e. The lowest BCUT2D eigenvalue weighted by Gasteiger charge is -2.63. The molecular formula is C22H36N2O2S. The molecule has 27 heavy (non-hydrogen) atoms. The van der Waals surface area contributed by atoms with Crippen LogP contribution in [0.2, 0.25) is 0 Å². The molecular weight excluding hydrogens is 356 g/mol. The Morgan fingerprint density at radius 1 is 1.15 bits per heavy atom. The molecule has 152 valence electrons. The zero-order valence-electron chi connectivity index (χ0n) is 17.1. The highest BCUT2D eigenvalue weighted by Crippen LogP contribution is 2.47. The lowest BCUT2D eigenvalue weighted by Crippen LogP contribution is -2.75. The predicted molar refractivity (Wildman–Crippen MR) is 111 cm³/mol. The standard InChI is InChI=1S/C22H36N2O2S/c1-18-8-15-27-20(18)16-23-11-6-19(7-12-23)24-17-21(26-14-13-25-2)22(24)9-4-3-5-10-22/h8,15,19,21H,3-7,9-14,16-17H2,1-2H3. The molecule has 4 rings (SSSR count). The van der Waals surface area contributed by atoms with Crippen LogP contribution in [0, 0.1) is 6.92 Å². The van der Waals surface area contributed by atoms with Crippen molar-refractivity contribution in [2.24, 2.45) is 0 Å². The lowest BCUT2D eigenvalue weighted by atomic mass is 9.69. The Morgan fingerprint density at radius 3 is 2.59 bits per heavy atom. The van der Waals surface area contributed by atoms with Gasteiger partial charge < -0.3 is 9.47 Å². The smallest absolute Gasteiger partial charge is 0.0886 e. The summed E-state index contributed by atoms with van der Waals surface area (Å²) in [5.41, 5.74) is 1.80. The Balaban J connectivity index is 1.32. The van der Waals surface area contributed by atoms with E-state index in [-0.39, 0.29) is 0 Å². The molecule has 0 N–H and O–H groups in total. The molecule has 1 atom stereocenters. The van der Waals surface area contributed by atoms with Crippen LogP contribution in [0.3, 0.4) is 0 Å². The van der Waals surface area contributed by atoms with E-state index in [1.165, 1.54) is 63.6 Å². The number of nitrogens with zero attached hydrogens (tertiary/aromatic N) is 2. The molecule has 3 aliphatic rings. The van der Waals surface area contributed by atoms with Crippen LogP contribution in [-0.4, -0.2) is 67.4 Å². The Hall–Kier alpha value is -0.460. The van der Waals surface area contributed by atoms with Crippen LogP contribution < -0.4 is 0 Å². The third kappa shape index (κ3) is 4.13. The fourth-order valence-electron chi connectivity index (χ4n) is 5.53. The van der Waals surface area contributed by atoms with Crippen LogP contribution in [0.25, 0.3) is 0 Å². The summed E-state index contributed by atoms with van der Waals surface area (Å²) in [5, 5.41) is 2.23. The van der Waals surface area contributed by atoms with Gasteiger partial charge in [-0.3, -0.25) is 9.80 Å². The maximum Gasteiger partial charge on any atom is 0.0886 e. The van der Waals surface area contributed by atoms with Crippen LogP contribution in [0.1, 0.15) is 55.4 Å². The fraction of sp³-hybridized carbons (Fsp3) is 0.818. The minimum Gasteiger partial charge on any atom is -0.382 e. The summed E-state index contributed by atoms with van der Waals surface area (Å²) < 4.78 is 11.5. The van der Waals surface area contributed by atoms with Crippen molar-refractivity contribution in [1.82, 2.24) is 9.80 Å². The topological polar surface area (TPSA) is 24.9 Å². The van der Waals surface area contributed by atoms with Crippen molar-refractivity contribution in [2.45, 2.75) is 76.1 Å². The molecule has 0 bridgehead atoms. The van der Waals surface area contributed by atoms with Crippen LogP contribution in [-0.2, 0) is 16.0 Å². The van der Waals surface area contributed by atoms with Gasteiger partial charge in [0.2, 0.25) is 0 Å². The van der Waals surface area contributed by atoms with Gasteiger partial charge in [-0.2, -0.15) is 0 Å². The highest BCUT2D eigenvalue weighted by Gasteiger charge is 2.56. The summed E-state index contributed by atoms with van der Waals surface area (Å²) >= 11 is 1.91. The molecule has 1 aromatic rings. The summed E-state index contributed by atoms with van der Waals surface area (Å²) in [5.74, 6) is 0. The van der Waals surface area contributed by atoms with Gasteiger partial charge in [0.1, 0.15) is 0 Å². The second kappa shape index (κ2) is 8.91. The summed E-state index contributed by atoms with van der Waals surface area (Å²) in [7, 11) is 1.76. The van der Waals surface area contributed by atoms with Gasteiger partial charge >= 0.3 is 0 Å². The van der Waals surface area contributed by atoms with E-state index in [0.29, 0.717) is 18.2 Å². The molecule has 3 heterocycles. The first-order valence-corrected chi connectivity index (χ1v) is 11.7. The number of methoxy groups -OCH3 is 1. The normalized spacial score (nSPS) is 27.1. The van der Waals surface area contributed by atoms with Crippen LogP contribution >= 0.6 is 11.3 Å². The van der Waals surface area contributed by atoms with Gasteiger partial charge in [0, 0.05) is 49.7 Å². The Morgan fingerprint density at radius 2 is 1.93 bits per heavy atom. The van der Waals surface area contributed by atoms with Crippen LogP contribution in [0.15, 0.2) is 11.4 Å². The highest BCUT2D eigenvalue weighted by molar-refractivity contribution is 7.10. The van der Waals surface area contributed by atoms with E-state index >= 15 is 0 Å². The number of ether oxygens (including phenoxy) is 2. The van der Waals surface area contributed by atoms with Crippen LogP contribution in [0.5, 0.6) is 0 Å². The summed E-state index contributed by atoms with van der Waals surface area (Å²) in [4.78, 5) is 7.07. The first kappa shape index (κ1) is 19.8. The first-order chi connectivity index (χ1) is 13.2. The molecule has 0 amide bonds. The second-order valence-electron chi connectivity index (χ2n) is 8.70. The third-order valence-electron chi connectivity index (χ3n) is 7.19. The molecule has 0 radical (unpaired) electrons. The average Bonchev–Trinajstić information content (AvgIpc) is 3.10. The minimum atomic E-state index is 0.336. The maximum absolute atomic E-state index is 6.26. The number of piperidine rings is 1. The number of thiophene rings is 1. The molecule has 1 saturated carbocycles. The quantitative estimate of drug-likeness (QED) is 0.653. The molecule has 2 aliphatic heterocycles. The van der Waals surface area contributed by atoms with E-state index in [4.69, 9.17) is 9.47 Å². The van der Waals surface area contributed by atoms with Gasteiger partial charge in [-0.1, -0.05) is 19.3 Å². The predicted octanol–water partition coefficient (Wildman–Crippen LogP) is 4.07. The van der Waals surface area contributed by atoms with Gasteiger partial charge in [0.05, 0.1) is 19.3 Å². The van der Waals surface area contributed by atoms with Gasteiger partial charge in [0.25, 0.3) is 0 Å². The van der Waals surface area contributed by atoms with Gasteiger partial charge in [-0.25, -0.2) is 0 Å². The molecule has 3 fully saturated rings. The number of hydrogen-bond donors (Lipinski definition) is 0. The van der Waals surface area contributed by atoms with Gasteiger partial charge in [-0.15, -0.1) is 11.3 Å². The molecule has 0 aromatic carbocycles. The van der Waals surface area contributed by atoms with Crippen molar-refractivity contribution in [3.8, 4) is 0 Å². The molecule has 4 nitrogen and oxygen atoms in total. The molecule has 1 aromatic heterocycles. The fourth-order valence-corrected chi connectivity index (χ4v) is 6.48. The number of aryl methyl sites for hydroxylation is 1. The molecule has 1 unspecified atom stereocenters. The first-order valence-electron chi connectivity index (χ1n) is 10.9. The monoisotopic (exact) mass is 392 g/mol. The molecule has 1 spiro atoms. The van der Waals surface area contributed by atoms with E-state index in [2.05, 4.69) is 28.2 Å². The van der Waals surface area contributed by atoms with Crippen molar-refractivity contribution in [3.05, 3.63) is 21.9 Å². The Bertz CT molecular complexity index is 591. The maximum atomic E-state index is 6.26. The second-order valence-corrected chi connectivity index (χ2v) is 9.70. The molecule has 5 heteroatoms. The van der Waals surface area contributed by atoms with E-state index < -0.39 is 0 Å². The van der Waals surface area contributed by atoms with Gasteiger partial charge in [-0.05, 0) is 49.6 Å². The third-order valence-corrected chi connectivity index (χ3v) is 8.20. The Kier molecular flexibility index (Phi) is 6.55. The summed E-state index contributed by atoms with van der Waals surface area (Å²) in [6.07, 6.45) is 9.87. The SMILES string of the molecule is COCCOC1CN(C2CCN(Cc3sccc3C)CC2)C12CCCCC2. The van der Waals surface area contributed by atoms with Gasteiger partial charge in [0.15, 0.2) is 0 Å². The van der Waals surface area contributed by atoms with E-state index in [9.17, 15) is 0 Å². The van der Waals surface area contributed by atoms with E-state index in [1.54, 1.807) is 12.0 Å². The average molecular weight is 393 g/mol. The van der Waals surface area contributed by atoms with Crippen molar-refractivity contribution < 1.29 is 9.47 Å². The number of likely N-dealkylation sites (tertiary alicyclic amines) is 2. The number of rotatable bonds is 7. The zero-order valence-corrected chi connectivity index (χ0v) is 17.9. The summed E-state index contributed by atoms with van der Waals surface area (Å²) in [6, 6.07) is 3.01. The Labute approximate surface area is 168 Å². The zero-order chi connectivity index (χ0) is 18.7.